The van der Waals surface area contributed by atoms with Crippen LogP contribution in [0.25, 0.3) is 0 Å². The Morgan fingerprint density at radius 2 is 1.68 bits per heavy atom. The molecule has 25 heavy (non-hydrogen) atoms. The maximum absolute atomic E-state index is 12.2. The largest absolute Gasteiger partial charge is 0.337 e. The molecule has 2 aromatic heterocycles. The first-order chi connectivity index (χ1) is 12.2. The van der Waals surface area contributed by atoms with E-state index in [0.29, 0.717) is 37.8 Å². The second-order valence-corrected chi connectivity index (χ2v) is 5.47. The zero-order valence-corrected chi connectivity index (χ0v) is 13.6. The third kappa shape index (κ3) is 4.63. The molecule has 0 radical (unpaired) electrons. The number of hydrogen-bond acceptors (Lipinski definition) is 6. The second-order valence-electron chi connectivity index (χ2n) is 5.47. The minimum Gasteiger partial charge on any atom is -0.337 e. The minimum atomic E-state index is -0.282. The van der Waals surface area contributed by atoms with Gasteiger partial charge in [0.2, 0.25) is 11.9 Å². The van der Waals surface area contributed by atoms with Crippen LogP contribution in [0, 0.1) is 0 Å². The van der Waals surface area contributed by atoms with E-state index in [1.165, 1.54) is 0 Å². The van der Waals surface area contributed by atoms with Crippen molar-refractivity contribution >= 4 is 23.6 Å². The van der Waals surface area contributed by atoms with Gasteiger partial charge < -0.3 is 20.4 Å². The molecule has 9 nitrogen and oxygen atoms in total. The van der Waals surface area contributed by atoms with Crippen molar-refractivity contribution in [3.05, 3.63) is 43.0 Å². The molecule has 0 saturated carbocycles. The number of piperazine rings is 1. The summed E-state index contributed by atoms with van der Waals surface area (Å²) in [6.45, 7) is 2.33. The van der Waals surface area contributed by atoms with E-state index >= 15 is 0 Å². The van der Waals surface area contributed by atoms with Crippen LogP contribution in [0.4, 0.5) is 16.4 Å². The lowest BCUT2D eigenvalue weighted by molar-refractivity contribution is -0.115. The summed E-state index contributed by atoms with van der Waals surface area (Å²) < 4.78 is 0. The third-order valence-corrected chi connectivity index (χ3v) is 3.77. The maximum atomic E-state index is 12.2. The number of carbonyl (C=O) groups excluding carboxylic acids is 2. The van der Waals surface area contributed by atoms with Gasteiger partial charge in [-0.3, -0.25) is 9.78 Å². The Bertz CT molecular complexity index is 703. The number of carbonyl (C=O) groups is 2. The highest BCUT2D eigenvalue weighted by Gasteiger charge is 2.22. The Morgan fingerprint density at radius 1 is 1.00 bits per heavy atom. The van der Waals surface area contributed by atoms with Gasteiger partial charge in [-0.1, -0.05) is 0 Å². The highest BCUT2D eigenvalue weighted by Crippen LogP contribution is 2.09. The first-order valence-corrected chi connectivity index (χ1v) is 7.97. The van der Waals surface area contributed by atoms with E-state index in [9.17, 15) is 9.59 Å². The number of rotatable bonds is 4. The molecular formula is C16H19N7O2. The number of nitrogens with one attached hydrogen (secondary N) is 2. The molecule has 0 bridgehead atoms. The molecule has 2 N–H and O–H groups in total. The monoisotopic (exact) mass is 341 g/mol. The number of aromatic nitrogens is 3. The predicted molar refractivity (Wildman–Crippen MR) is 92.1 cm³/mol. The number of nitrogens with zero attached hydrogens (tertiary/aromatic N) is 5. The van der Waals surface area contributed by atoms with Gasteiger partial charge in [0.15, 0.2) is 0 Å². The van der Waals surface area contributed by atoms with Crippen LogP contribution in [0.5, 0.6) is 0 Å². The second kappa shape index (κ2) is 8.04. The van der Waals surface area contributed by atoms with Crippen LogP contribution >= 0.6 is 0 Å². The summed E-state index contributed by atoms with van der Waals surface area (Å²) in [7, 11) is 0. The fourth-order valence-corrected chi connectivity index (χ4v) is 2.47. The normalized spacial score (nSPS) is 14.1. The van der Waals surface area contributed by atoms with Gasteiger partial charge in [-0.2, -0.15) is 0 Å². The zero-order chi connectivity index (χ0) is 17.5. The van der Waals surface area contributed by atoms with E-state index in [1.54, 1.807) is 47.9 Å². The van der Waals surface area contributed by atoms with Gasteiger partial charge in [0.1, 0.15) is 0 Å². The van der Waals surface area contributed by atoms with Crippen molar-refractivity contribution in [2.45, 2.75) is 0 Å². The number of hydrogen-bond donors (Lipinski definition) is 2. The quantitative estimate of drug-likeness (QED) is 0.831. The van der Waals surface area contributed by atoms with Gasteiger partial charge in [0, 0.05) is 56.7 Å². The van der Waals surface area contributed by atoms with Crippen LogP contribution in [0.1, 0.15) is 0 Å². The van der Waals surface area contributed by atoms with Crippen molar-refractivity contribution in [1.29, 1.82) is 0 Å². The van der Waals surface area contributed by atoms with E-state index in [4.69, 9.17) is 0 Å². The number of pyridine rings is 1. The molecule has 3 amide bonds. The van der Waals surface area contributed by atoms with Crippen LogP contribution in [0.2, 0.25) is 0 Å². The summed E-state index contributed by atoms with van der Waals surface area (Å²) in [6, 6.07) is 4.89. The summed E-state index contributed by atoms with van der Waals surface area (Å²) in [4.78, 5) is 40.0. The molecule has 3 rings (SSSR count). The first kappa shape index (κ1) is 16.6. The smallest absolute Gasteiger partial charge is 0.317 e. The summed E-state index contributed by atoms with van der Waals surface area (Å²) in [5, 5.41) is 5.33. The van der Waals surface area contributed by atoms with Crippen molar-refractivity contribution < 1.29 is 9.59 Å². The van der Waals surface area contributed by atoms with E-state index in [1.807, 2.05) is 4.90 Å². The Balaban J connectivity index is 1.41. The molecule has 0 unspecified atom stereocenters. The Labute approximate surface area is 145 Å². The molecule has 0 spiro atoms. The Hall–Kier alpha value is -3.23. The molecule has 0 atom stereocenters. The van der Waals surface area contributed by atoms with Crippen LogP contribution in [0.3, 0.4) is 0 Å². The molecule has 3 heterocycles. The third-order valence-electron chi connectivity index (χ3n) is 3.77. The summed E-state index contributed by atoms with van der Waals surface area (Å²) >= 11 is 0. The summed E-state index contributed by atoms with van der Waals surface area (Å²) in [5.41, 5.74) is 0.644. The lowest BCUT2D eigenvalue weighted by atomic mass is 10.3. The molecular weight excluding hydrogens is 322 g/mol. The van der Waals surface area contributed by atoms with Crippen molar-refractivity contribution in [3.63, 3.8) is 0 Å². The maximum Gasteiger partial charge on any atom is 0.317 e. The summed E-state index contributed by atoms with van der Waals surface area (Å²) in [5.74, 6) is 0.384. The van der Waals surface area contributed by atoms with E-state index < -0.39 is 0 Å². The van der Waals surface area contributed by atoms with Gasteiger partial charge in [-0.25, -0.2) is 14.8 Å². The minimum absolute atomic E-state index is 0.0802. The number of anilines is 2. The molecule has 2 aromatic rings. The summed E-state index contributed by atoms with van der Waals surface area (Å²) in [6.07, 6.45) is 6.57. The molecule has 1 fully saturated rings. The number of urea groups is 1. The van der Waals surface area contributed by atoms with Crippen LogP contribution in [0.15, 0.2) is 43.0 Å². The van der Waals surface area contributed by atoms with Gasteiger partial charge in [0.05, 0.1) is 6.54 Å². The van der Waals surface area contributed by atoms with E-state index in [0.717, 1.165) is 0 Å². The van der Waals surface area contributed by atoms with Gasteiger partial charge in [0.25, 0.3) is 0 Å². The van der Waals surface area contributed by atoms with Crippen LogP contribution in [-0.4, -0.2) is 64.5 Å². The molecule has 1 saturated heterocycles. The topological polar surface area (TPSA) is 103 Å². The standard InChI is InChI=1S/C16H19N7O2/c24-14(21-13-2-6-17-7-3-13)12-20-16(25)23-10-8-22(9-11-23)15-18-4-1-5-19-15/h1-7H,8-12H2,(H,20,25)(H,17,21,24). The van der Waals surface area contributed by atoms with Gasteiger partial charge in [-0.05, 0) is 18.2 Å². The van der Waals surface area contributed by atoms with E-state index in [2.05, 4.69) is 25.6 Å². The lowest BCUT2D eigenvalue weighted by Gasteiger charge is -2.34. The molecule has 1 aliphatic heterocycles. The highest BCUT2D eigenvalue weighted by molar-refractivity contribution is 5.94. The lowest BCUT2D eigenvalue weighted by Crippen LogP contribution is -2.53. The van der Waals surface area contributed by atoms with Gasteiger partial charge >= 0.3 is 6.03 Å². The Kier molecular flexibility index (Phi) is 5.35. The predicted octanol–water partition coefficient (Wildman–Crippen LogP) is 0.342. The van der Waals surface area contributed by atoms with Gasteiger partial charge in [-0.15, -0.1) is 0 Å². The molecule has 0 aliphatic carbocycles. The average Bonchev–Trinajstić information content (AvgIpc) is 2.68. The molecule has 1 aliphatic rings. The van der Waals surface area contributed by atoms with Crippen molar-refractivity contribution in [2.24, 2.45) is 0 Å². The zero-order valence-electron chi connectivity index (χ0n) is 13.6. The average molecular weight is 341 g/mol. The molecule has 0 aromatic carbocycles. The highest BCUT2D eigenvalue weighted by atomic mass is 16.2. The fraction of sp³-hybridized carbons (Fsp3) is 0.312. The molecule has 130 valence electrons. The van der Waals surface area contributed by atoms with Crippen LogP contribution < -0.4 is 15.5 Å². The van der Waals surface area contributed by atoms with Crippen molar-refractivity contribution in [1.82, 2.24) is 25.2 Å². The van der Waals surface area contributed by atoms with E-state index in [-0.39, 0.29) is 18.5 Å². The number of amides is 3. The van der Waals surface area contributed by atoms with Crippen molar-refractivity contribution in [2.75, 3.05) is 42.9 Å². The Morgan fingerprint density at radius 3 is 2.36 bits per heavy atom. The van der Waals surface area contributed by atoms with Crippen LogP contribution in [-0.2, 0) is 4.79 Å². The fourth-order valence-electron chi connectivity index (χ4n) is 2.47. The first-order valence-electron chi connectivity index (χ1n) is 7.97. The molecule has 9 heteroatoms. The van der Waals surface area contributed by atoms with Crippen molar-refractivity contribution in [3.8, 4) is 0 Å². The SMILES string of the molecule is O=C(CNC(=O)N1CCN(c2ncccn2)CC1)Nc1ccncc1.